The molecule has 1 fully saturated rings. The molecule has 2 heterocycles. The molecule has 7 heteroatoms. The van der Waals surface area contributed by atoms with Gasteiger partial charge in [-0.1, -0.05) is 48.0 Å². The number of rotatable bonds is 7. The van der Waals surface area contributed by atoms with Crippen LogP contribution in [0.25, 0.3) is 10.9 Å². The molecule has 3 aromatic carbocycles. The molecule has 0 radical (unpaired) electrons. The van der Waals surface area contributed by atoms with Crippen LogP contribution in [0.5, 0.6) is 5.75 Å². The van der Waals surface area contributed by atoms with Gasteiger partial charge in [-0.25, -0.2) is 8.42 Å². The van der Waals surface area contributed by atoms with Crippen LogP contribution < -0.4 is 9.64 Å². The van der Waals surface area contributed by atoms with Crippen LogP contribution >= 0.6 is 0 Å². The summed E-state index contributed by atoms with van der Waals surface area (Å²) in [5.74, 6) is 0.709. The van der Waals surface area contributed by atoms with E-state index in [2.05, 4.69) is 39.0 Å². The highest BCUT2D eigenvalue weighted by Crippen LogP contribution is 2.38. The summed E-state index contributed by atoms with van der Waals surface area (Å²) in [7, 11) is -3.77. The molecule has 5 rings (SSSR count). The van der Waals surface area contributed by atoms with E-state index in [9.17, 15) is 8.42 Å². The highest BCUT2D eigenvalue weighted by atomic mass is 32.2. The van der Waals surface area contributed by atoms with Crippen LogP contribution in [0.15, 0.2) is 88.8 Å². The van der Waals surface area contributed by atoms with Gasteiger partial charge in [-0.2, -0.15) is 0 Å². The lowest BCUT2D eigenvalue weighted by atomic mass is 10.1. The summed E-state index contributed by atoms with van der Waals surface area (Å²) in [5, 5.41) is 0.797. The number of aromatic nitrogens is 1. The first-order chi connectivity index (χ1) is 17.5. The van der Waals surface area contributed by atoms with Crippen LogP contribution in [0.1, 0.15) is 18.1 Å². The summed E-state index contributed by atoms with van der Waals surface area (Å²) in [5.41, 5.74) is 3.76. The second-order valence-electron chi connectivity index (χ2n) is 9.15. The Morgan fingerprint density at radius 3 is 2.33 bits per heavy atom. The van der Waals surface area contributed by atoms with Crippen molar-refractivity contribution < 1.29 is 13.2 Å². The molecule has 0 aliphatic carbocycles. The van der Waals surface area contributed by atoms with E-state index in [1.165, 1.54) is 11.8 Å². The van der Waals surface area contributed by atoms with Gasteiger partial charge in [0.25, 0.3) is 0 Å². The van der Waals surface area contributed by atoms with Crippen molar-refractivity contribution in [3.05, 3.63) is 90.1 Å². The van der Waals surface area contributed by atoms with Crippen molar-refractivity contribution in [2.45, 2.75) is 30.2 Å². The minimum atomic E-state index is -3.77. The molecule has 1 aliphatic heterocycles. The summed E-state index contributed by atoms with van der Waals surface area (Å²) in [4.78, 5) is 9.67. The molecule has 0 spiro atoms. The maximum Gasteiger partial charge on any atom is 0.210 e. The number of fused-ring (bicyclic) bond motifs is 1. The van der Waals surface area contributed by atoms with Crippen LogP contribution in [0.4, 0.5) is 5.69 Å². The van der Waals surface area contributed by atoms with Gasteiger partial charge in [-0.15, -0.1) is 0 Å². The fourth-order valence-electron chi connectivity index (χ4n) is 4.73. The number of aryl methyl sites for hydroxylation is 1. The minimum absolute atomic E-state index is 0.240. The summed E-state index contributed by atoms with van der Waals surface area (Å²) in [6, 6.07) is 23.2. The number of sulfone groups is 1. The Morgan fingerprint density at radius 1 is 0.917 bits per heavy atom. The summed E-state index contributed by atoms with van der Waals surface area (Å²) in [6.45, 7) is 8.43. The molecule has 1 aliphatic rings. The van der Waals surface area contributed by atoms with Crippen molar-refractivity contribution >= 4 is 26.4 Å². The monoisotopic (exact) mass is 501 g/mol. The quantitative estimate of drug-likeness (QED) is 0.351. The lowest BCUT2D eigenvalue weighted by molar-refractivity contribution is 0.249. The zero-order valence-electron chi connectivity index (χ0n) is 20.7. The second-order valence-corrected chi connectivity index (χ2v) is 11.1. The minimum Gasteiger partial charge on any atom is -0.494 e. The Bertz CT molecular complexity index is 1450. The summed E-state index contributed by atoms with van der Waals surface area (Å²) >= 11 is 0. The summed E-state index contributed by atoms with van der Waals surface area (Å²) in [6.07, 6.45) is 1.52. The lowest BCUT2D eigenvalue weighted by Gasteiger charge is -2.37. The van der Waals surface area contributed by atoms with Gasteiger partial charge in [0.1, 0.15) is 10.6 Å². The van der Waals surface area contributed by atoms with E-state index in [-0.39, 0.29) is 9.79 Å². The average molecular weight is 502 g/mol. The maximum atomic E-state index is 13.9. The van der Waals surface area contributed by atoms with E-state index in [0.29, 0.717) is 18.0 Å². The first kappa shape index (κ1) is 24.3. The summed E-state index contributed by atoms with van der Waals surface area (Å²) < 4.78 is 33.5. The van der Waals surface area contributed by atoms with Crippen molar-refractivity contribution in [3.63, 3.8) is 0 Å². The predicted octanol–water partition coefficient (Wildman–Crippen LogP) is 5.10. The average Bonchev–Trinajstić information content (AvgIpc) is 2.89. The van der Waals surface area contributed by atoms with Crippen molar-refractivity contribution in [1.29, 1.82) is 0 Å². The first-order valence-electron chi connectivity index (χ1n) is 12.3. The Labute approximate surface area is 213 Å². The van der Waals surface area contributed by atoms with Crippen LogP contribution in [0.3, 0.4) is 0 Å². The third-order valence-corrected chi connectivity index (χ3v) is 8.42. The van der Waals surface area contributed by atoms with Crippen molar-refractivity contribution in [2.75, 3.05) is 37.7 Å². The maximum absolute atomic E-state index is 13.9. The van der Waals surface area contributed by atoms with Gasteiger partial charge in [0.15, 0.2) is 0 Å². The SMILES string of the molecule is CCOc1ccc2ncc(S(=O)(=O)c3ccc(C)cc3)c(N3CCN(Cc4ccccc4)CC3)c2c1. The number of hydrogen-bond donors (Lipinski definition) is 0. The van der Waals surface area contributed by atoms with E-state index in [1.807, 2.05) is 50.2 Å². The molecule has 1 aromatic heterocycles. The number of piperazine rings is 1. The van der Waals surface area contributed by atoms with Gasteiger partial charge >= 0.3 is 0 Å². The van der Waals surface area contributed by atoms with Crippen LogP contribution in [-0.2, 0) is 16.4 Å². The Kier molecular flexibility index (Phi) is 6.94. The third kappa shape index (κ3) is 4.94. The van der Waals surface area contributed by atoms with Gasteiger partial charge in [0.2, 0.25) is 9.84 Å². The highest BCUT2D eigenvalue weighted by Gasteiger charge is 2.29. The second kappa shape index (κ2) is 10.3. The molecular formula is C29H31N3O3S. The Balaban J connectivity index is 1.55. The number of pyridine rings is 1. The van der Waals surface area contributed by atoms with E-state index in [1.54, 1.807) is 12.1 Å². The topological polar surface area (TPSA) is 62.7 Å². The van der Waals surface area contributed by atoms with Crippen LogP contribution in [0.2, 0.25) is 0 Å². The Hall–Kier alpha value is -3.42. The number of nitrogens with zero attached hydrogens (tertiary/aromatic N) is 3. The van der Waals surface area contributed by atoms with E-state index >= 15 is 0 Å². The molecule has 1 saturated heterocycles. The molecule has 0 unspecified atom stereocenters. The zero-order valence-corrected chi connectivity index (χ0v) is 21.5. The standard InChI is InChI=1S/C29H31N3O3S/c1-3-35-24-11-14-27-26(19-24)29(28(20-30-27)36(33,34)25-12-9-22(2)10-13-25)32-17-15-31(16-18-32)21-23-7-5-4-6-8-23/h4-14,19-20H,3,15-18,21H2,1-2H3. The molecule has 0 saturated carbocycles. The van der Waals surface area contributed by atoms with Crippen molar-refractivity contribution in [1.82, 2.24) is 9.88 Å². The molecule has 0 bridgehead atoms. The normalized spacial score (nSPS) is 14.8. The molecule has 186 valence electrons. The zero-order chi connectivity index (χ0) is 25.1. The largest absolute Gasteiger partial charge is 0.494 e. The number of anilines is 1. The van der Waals surface area contributed by atoms with Crippen LogP contribution in [-0.4, -0.2) is 51.1 Å². The molecule has 0 amide bonds. The fourth-order valence-corrected chi connectivity index (χ4v) is 6.17. The Morgan fingerprint density at radius 2 is 1.64 bits per heavy atom. The molecule has 0 N–H and O–H groups in total. The lowest BCUT2D eigenvalue weighted by Crippen LogP contribution is -2.46. The molecule has 4 aromatic rings. The number of benzene rings is 3. The fraction of sp³-hybridized carbons (Fsp3) is 0.276. The van der Waals surface area contributed by atoms with E-state index < -0.39 is 9.84 Å². The number of hydrogen-bond acceptors (Lipinski definition) is 6. The van der Waals surface area contributed by atoms with Crippen molar-refractivity contribution in [3.8, 4) is 5.75 Å². The first-order valence-corrected chi connectivity index (χ1v) is 13.8. The smallest absolute Gasteiger partial charge is 0.210 e. The highest BCUT2D eigenvalue weighted by molar-refractivity contribution is 7.91. The van der Waals surface area contributed by atoms with Gasteiger partial charge in [0, 0.05) is 44.3 Å². The molecule has 6 nitrogen and oxygen atoms in total. The van der Waals surface area contributed by atoms with Gasteiger partial charge in [0.05, 0.1) is 22.7 Å². The predicted molar refractivity (Wildman–Crippen MR) is 143 cm³/mol. The van der Waals surface area contributed by atoms with Crippen LogP contribution in [0, 0.1) is 6.92 Å². The van der Waals surface area contributed by atoms with Crippen molar-refractivity contribution in [2.24, 2.45) is 0 Å². The molecule has 0 atom stereocenters. The molecule has 36 heavy (non-hydrogen) atoms. The van der Waals surface area contributed by atoms with E-state index in [4.69, 9.17) is 4.74 Å². The third-order valence-electron chi connectivity index (χ3n) is 6.65. The van der Waals surface area contributed by atoms with E-state index in [0.717, 1.165) is 49.2 Å². The van der Waals surface area contributed by atoms with Gasteiger partial charge in [-0.05, 0) is 49.7 Å². The van der Waals surface area contributed by atoms with Gasteiger partial charge in [-0.3, -0.25) is 9.88 Å². The molecular weight excluding hydrogens is 470 g/mol. The number of ether oxygens (including phenoxy) is 1. The van der Waals surface area contributed by atoms with Gasteiger partial charge < -0.3 is 9.64 Å².